The molecular formula is C32H40F3N5O6. The van der Waals surface area contributed by atoms with Crippen molar-refractivity contribution < 1.29 is 41.7 Å². The van der Waals surface area contributed by atoms with E-state index in [2.05, 4.69) is 20.5 Å². The standard InChI is InChI=1S/C32H40F3N5O6/c1-21-27(37-29(41)36-18-24-17-23(19-43-5)11-12-26(24)45-32(33,34)35)40(25-9-7-6-8-10-25)38-28(21)44-20-22-13-15-39(16-14-22)30(42)46-31(2,3)4/h6-12,17,22H,13-16,18-20H2,1-5H3,(H2,36,37,41). The summed E-state index contributed by atoms with van der Waals surface area (Å²) in [4.78, 5) is 27.2. The highest BCUT2D eigenvalue weighted by Gasteiger charge is 2.32. The molecule has 0 aliphatic carbocycles. The van der Waals surface area contributed by atoms with Crippen molar-refractivity contribution in [2.75, 3.05) is 32.1 Å². The average Bonchev–Trinajstić information content (AvgIpc) is 3.29. The molecule has 0 bridgehead atoms. The normalized spacial score (nSPS) is 14.1. The van der Waals surface area contributed by atoms with Crippen molar-refractivity contribution in [3.8, 4) is 17.3 Å². The van der Waals surface area contributed by atoms with Gasteiger partial charge in [0.15, 0.2) is 0 Å². The molecule has 1 aromatic heterocycles. The number of nitrogens with zero attached hydrogens (tertiary/aromatic N) is 3. The summed E-state index contributed by atoms with van der Waals surface area (Å²) < 4.78 is 61.4. The molecule has 0 saturated carbocycles. The molecule has 1 fully saturated rings. The minimum Gasteiger partial charge on any atom is -0.476 e. The van der Waals surface area contributed by atoms with E-state index in [0.717, 1.165) is 12.8 Å². The number of amides is 3. The van der Waals surface area contributed by atoms with Gasteiger partial charge in [0, 0.05) is 32.3 Å². The molecule has 1 aliphatic heterocycles. The Bertz CT molecular complexity index is 1480. The number of likely N-dealkylation sites (tertiary alicyclic amines) is 1. The molecule has 1 aliphatic rings. The van der Waals surface area contributed by atoms with Gasteiger partial charge in [-0.25, -0.2) is 14.3 Å². The lowest BCUT2D eigenvalue weighted by atomic mass is 9.98. The Morgan fingerprint density at radius 3 is 2.37 bits per heavy atom. The van der Waals surface area contributed by atoms with Crippen LogP contribution in [0.1, 0.15) is 50.3 Å². The van der Waals surface area contributed by atoms with Gasteiger partial charge in [-0.2, -0.15) is 0 Å². The molecule has 2 N–H and O–H groups in total. The first-order valence-electron chi connectivity index (χ1n) is 14.9. The lowest BCUT2D eigenvalue weighted by Gasteiger charge is -2.33. The van der Waals surface area contributed by atoms with Crippen LogP contribution in [0.2, 0.25) is 0 Å². The van der Waals surface area contributed by atoms with Gasteiger partial charge in [0.05, 0.1) is 24.5 Å². The number of nitrogens with one attached hydrogen (secondary N) is 2. The maximum absolute atomic E-state index is 13.1. The molecule has 0 unspecified atom stereocenters. The fourth-order valence-corrected chi connectivity index (χ4v) is 4.90. The molecule has 0 radical (unpaired) electrons. The Labute approximate surface area is 265 Å². The Hall–Kier alpha value is -4.46. The number of halogens is 3. The maximum atomic E-state index is 13.1. The summed E-state index contributed by atoms with van der Waals surface area (Å²) in [6.07, 6.45) is -3.76. The van der Waals surface area contributed by atoms with Crippen molar-refractivity contribution in [1.29, 1.82) is 0 Å². The third-order valence-electron chi connectivity index (χ3n) is 7.13. The number of rotatable bonds is 10. The van der Waals surface area contributed by atoms with E-state index in [9.17, 15) is 22.8 Å². The second-order valence-corrected chi connectivity index (χ2v) is 12.0. The highest BCUT2D eigenvalue weighted by atomic mass is 19.4. The maximum Gasteiger partial charge on any atom is 0.573 e. The minimum absolute atomic E-state index is 0.122. The molecule has 11 nitrogen and oxygen atoms in total. The lowest BCUT2D eigenvalue weighted by Crippen LogP contribution is -2.42. The van der Waals surface area contributed by atoms with E-state index in [0.29, 0.717) is 48.2 Å². The zero-order chi connectivity index (χ0) is 33.5. The zero-order valence-corrected chi connectivity index (χ0v) is 26.6. The van der Waals surface area contributed by atoms with E-state index in [4.69, 9.17) is 14.2 Å². The molecule has 250 valence electrons. The molecular weight excluding hydrogens is 607 g/mol. The SMILES string of the molecule is COCc1ccc(OC(F)(F)F)c(CNC(=O)Nc2c(C)c(OCC3CCN(C(=O)OC(C)(C)C)CC3)nn2-c2ccccc2)c1. The second kappa shape index (κ2) is 14.8. The molecule has 1 saturated heterocycles. The van der Waals surface area contributed by atoms with Gasteiger partial charge >= 0.3 is 18.5 Å². The number of aromatic nitrogens is 2. The topological polar surface area (TPSA) is 116 Å². The Kier molecular flexibility index (Phi) is 11.0. The van der Waals surface area contributed by atoms with Crippen molar-refractivity contribution in [3.05, 3.63) is 65.2 Å². The first-order chi connectivity index (χ1) is 21.7. The summed E-state index contributed by atoms with van der Waals surface area (Å²) in [7, 11) is 1.47. The van der Waals surface area contributed by atoms with Crippen LogP contribution in [0, 0.1) is 12.8 Å². The molecule has 2 aromatic carbocycles. The molecule has 3 amide bonds. The predicted octanol–water partition coefficient (Wildman–Crippen LogP) is 6.57. The quantitative estimate of drug-likeness (QED) is 0.256. The van der Waals surface area contributed by atoms with Crippen LogP contribution >= 0.6 is 0 Å². The number of hydrogen-bond acceptors (Lipinski definition) is 7. The van der Waals surface area contributed by atoms with E-state index >= 15 is 0 Å². The Morgan fingerprint density at radius 1 is 1.04 bits per heavy atom. The van der Waals surface area contributed by atoms with Crippen LogP contribution < -0.4 is 20.1 Å². The summed E-state index contributed by atoms with van der Waals surface area (Å²) in [5.74, 6) is 0.410. The Morgan fingerprint density at radius 2 is 1.74 bits per heavy atom. The molecule has 14 heteroatoms. The van der Waals surface area contributed by atoms with Gasteiger partial charge in [0.1, 0.15) is 17.2 Å². The Balaban J connectivity index is 1.44. The third-order valence-corrected chi connectivity index (χ3v) is 7.13. The molecule has 2 heterocycles. The van der Waals surface area contributed by atoms with Gasteiger partial charge < -0.3 is 29.2 Å². The van der Waals surface area contributed by atoms with Gasteiger partial charge in [-0.15, -0.1) is 18.3 Å². The fraction of sp³-hybridized carbons (Fsp3) is 0.469. The van der Waals surface area contributed by atoms with Crippen molar-refractivity contribution in [2.45, 2.75) is 65.7 Å². The predicted molar refractivity (Wildman–Crippen MR) is 164 cm³/mol. The van der Waals surface area contributed by atoms with E-state index in [1.807, 2.05) is 51.1 Å². The van der Waals surface area contributed by atoms with Gasteiger partial charge in [0.25, 0.3) is 0 Å². The second-order valence-electron chi connectivity index (χ2n) is 12.0. The van der Waals surface area contributed by atoms with Gasteiger partial charge in [0.2, 0.25) is 5.88 Å². The highest BCUT2D eigenvalue weighted by Crippen LogP contribution is 2.31. The number of urea groups is 1. The van der Waals surface area contributed by atoms with Crippen LogP contribution in [0.25, 0.3) is 5.69 Å². The number of alkyl halides is 3. The summed E-state index contributed by atoms with van der Waals surface area (Å²) in [5, 5.41) is 10.00. The zero-order valence-electron chi connectivity index (χ0n) is 26.6. The van der Waals surface area contributed by atoms with Crippen molar-refractivity contribution >= 4 is 17.9 Å². The summed E-state index contributed by atoms with van der Waals surface area (Å²) in [6.45, 7) is 8.65. The summed E-state index contributed by atoms with van der Waals surface area (Å²) >= 11 is 0. The fourth-order valence-electron chi connectivity index (χ4n) is 4.90. The molecule has 3 aromatic rings. The third kappa shape index (κ3) is 9.77. The van der Waals surface area contributed by atoms with E-state index in [1.54, 1.807) is 11.8 Å². The number of para-hydroxylation sites is 1. The first kappa shape index (κ1) is 34.4. The molecule has 4 rings (SSSR count). The van der Waals surface area contributed by atoms with Crippen LogP contribution in [0.5, 0.6) is 11.6 Å². The number of benzene rings is 2. The molecule has 0 spiro atoms. The van der Waals surface area contributed by atoms with E-state index in [-0.39, 0.29) is 30.7 Å². The van der Waals surface area contributed by atoms with Gasteiger partial charge in [-0.05, 0) is 76.3 Å². The number of anilines is 1. The van der Waals surface area contributed by atoms with Crippen LogP contribution in [-0.4, -0.2) is 65.6 Å². The highest BCUT2D eigenvalue weighted by molar-refractivity contribution is 5.89. The van der Waals surface area contributed by atoms with Crippen LogP contribution in [-0.2, 0) is 22.6 Å². The average molecular weight is 648 g/mol. The van der Waals surface area contributed by atoms with Crippen LogP contribution in [0.4, 0.5) is 28.6 Å². The lowest BCUT2D eigenvalue weighted by molar-refractivity contribution is -0.274. The van der Waals surface area contributed by atoms with E-state index in [1.165, 1.54) is 30.0 Å². The van der Waals surface area contributed by atoms with Crippen molar-refractivity contribution in [3.63, 3.8) is 0 Å². The monoisotopic (exact) mass is 647 g/mol. The minimum atomic E-state index is -4.90. The number of hydrogen-bond donors (Lipinski definition) is 2. The summed E-state index contributed by atoms with van der Waals surface area (Å²) in [6, 6.07) is 12.6. The number of carbonyl (C=O) groups is 2. The first-order valence-corrected chi connectivity index (χ1v) is 14.9. The van der Waals surface area contributed by atoms with E-state index < -0.39 is 23.7 Å². The van der Waals surface area contributed by atoms with Gasteiger partial charge in [-0.3, -0.25) is 5.32 Å². The number of methoxy groups -OCH3 is 1. The summed E-state index contributed by atoms with van der Waals surface area (Å²) in [5.41, 5.74) is 1.40. The van der Waals surface area contributed by atoms with Gasteiger partial charge in [-0.1, -0.05) is 24.3 Å². The number of ether oxygens (including phenoxy) is 4. The van der Waals surface area contributed by atoms with Crippen molar-refractivity contribution in [1.82, 2.24) is 20.0 Å². The molecule has 46 heavy (non-hydrogen) atoms. The largest absolute Gasteiger partial charge is 0.573 e. The smallest absolute Gasteiger partial charge is 0.476 e. The number of piperidine rings is 1. The van der Waals surface area contributed by atoms with Crippen molar-refractivity contribution in [2.24, 2.45) is 5.92 Å². The number of carbonyl (C=O) groups excluding carboxylic acids is 2. The van der Waals surface area contributed by atoms with Crippen LogP contribution in [0.3, 0.4) is 0 Å². The molecule has 0 atom stereocenters. The van der Waals surface area contributed by atoms with Crippen LogP contribution in [0.15, 0.2) is 48.5 Å².